The van der Waals surface area contributed by atoms with Crippen molar-refractivity contribution in [1.29, 1.82) is 0 Å². The van der Waals surface area contributed by atoms with E-state index in [0.29, 0.717) is 41.9 Å². The second-order valence-corrected chi connectivity index (χ2v) is 10.9. The van der Waals surface area contributed by atoms with Gasteiger partial charge in [-0.15, -0.1) is 11.3 Å². The molecule has 0 saturated heterocycles. The number of aromatic nitrogens is 3. The zero-order valence-corrected chi connectivity index (χ0v) is 22.8. The number of nitrogens with zero attached hydrogens (tertiary/aromatic N) is 3. The third kappa shape index (κ3) is 6.08. The number of benzene rings is 1. The fourth-order valence-electron chi connectivity index (χ4n) is 4.70. The molecule has 4 atom stereocenters. The molecule has 37 heavy (non-hydrogen) atoms. The molecule has 3 aromatic rings. The maximum atomic E-state index is 12.5. The minimum Gasteiger partial charge on any atom is -0.396 e. The first-order chi connectivity index (χ1) is 17.7. The fraction of sp³-hybridized carbons (Fsp3) is 0.481. The van der Waals surface area contributed by atoms with Gasteiger partial charge < -0.3 is 26.2 Å². The fourth-order valence-corrected chi connectivity index (χ4v) is 5.71. The number of aliphatic hydroxyl groups is 2. The van der Waals surface area contributed by atoms with Crippen molar-refractivity contribution in [2.45, 2.75) is 65.6 Å². The summed E-state index contributed by atoms with van der Waals surface area (Å²) in [6.07, 6.45) is 0.570. The van der Waals surface area contributed by atoms with Gasteiger partial charge in [0.2, 0.25) is 5.95 Å². The highest BCUT2D eigenvalue weighted by Crippen LogP contribution is 2.37. The number of aryl methyl sites for hydroxylation is 3. The van der Waals surface area contributed by atoms with Gasteiger partial charge in [-0.1, -0.05) is 29.8 Å². The van der Waals surface area contributed by atoms with Crippen molar-refractivity contribution in [2.75, 3.05) is 23.8 Å². The molecule has 0 aliphatic heterocycles. The summed E-state index contributed by atoms with van der Waals surface area (Å²) < 4.78 is 0. The zero-order valence-electron chi connectivity index (χ0n) is 22.0. The molecule has 1 amide bonds. The largest absolute Gasteiger partial charge is 0.396 e. The molecule has 1 aliphatic carbocycles. The SMILES string of the molecule is CCNC(=O)c1nc(-c2c(C)nc(N[C@H](C)c3ccc(C)cc3)nc2NC2CC(CO)[C@@H](O)C2)sc1C. The van der Waals surface area contributed by atoms with Crippen LogP contribution in [0.3, 0.4) is 0 Å². The molecule has 5 N–H and O–H groups in total. The van der Waals surface area contributed by atoms with Gasteiger partial charge in [-0.2, -0.15) is 4.98 Å². The van der Waals surface area contributed by atoms with Gasteiger partial charge in [0.05, 0.1) is 23.4 Å². The van der Waals surface area contributed by atoms with Gasteiger partial charge in [0.25, 0.3) is 5.91 Å². The Balaban J connectivity index is 1.70. The van der Waals surface area contributed by atoms with Crippen molar-refractivity contribution in [3.63, 3.8) is 0 Å². The molecule has 0 bridgehead atoms. The molecule has 1 aromatic carbocycles. The summed E-state index contributed by atoms with van der Waals surface area (Å²) in [5.41, 5.74) is 4.18. The van der Waals surface area contributed by atoms with Crippen LogP contribution >= 0.6 is 11.3 Å². The van der Waals surface area contributed by atoms with Crippen LogP contribution in [0.25, 0.3) is 10.6 Å². The Bertz CT molecular complexity index is 1250. The van der Waals surface area contributed by atoms with Crippen LogP contribution in [0.15, 0.2) is 24.3 Å². The van der Waals surface area contributed by atoms with E-state index in [0.717, 1.165) is 21.7 Å². The van der Waals surface area contributed by atoms with E-state index in [4.69, 9.17) is 9.97 Å². The first-order valence-corrected chi connectivity index (χ1v) is 13.5. The first-order valence-electron chi connectivity index (χ1n) is 12.7. The Morgan fingerprint density at radius 3 is 2.51 bits per heavy atom. The van der Waals surface area contributed by atoms with Crippen LogP contribution in [0.5, 0.6) is 0 Å². The summed E-state index contributed by atoms with van der Waals surface area (Å²) in [6.45, 7) is 10.3. The van der Waals surface area contributed by atoms with E-state index >= 15 is 0 Å². The predicted molar refractivity (Wildman–Crippen MR) is 147 cm³/mol. The number of carbonyl (C=O) groups is 1. The lowest BCUT2D eigenvalue weighted by atomic mass is 10.1. The van der Waals surface area contributed by atoms with Gasteiger partial charge >= 0.3 is 0 Å². The monoisotopic (exact) mass is 524 g/mol. The van der Waals surface area contributed by atoms with E-state index in [2.05, 4.69) is 59.0 Å². The summed E-state index contributed by atoms with van der Waals surface area (Å²) in [5.74, 6) is 0.699. The van der Waals surface area contributed by atoms with Gasteiger partial charge in [0, 0.05) is 30.0 Å². The van der Waals surface area contributed by atoms with Gasteiger partial charge in [-0.3, -0.25) is 4.79 Å². The third-order valence-corrected chi connectivity index (χ3v) is 7.80. The molecule has 1 aliphatic rings. The summed E-state index contributed by atoms with van der Waals surface area (Å²) in [6, 6.07) is 8.25. The van der Waals surface area contributed by atoms with Crippen molar-refractivity contribution in [3.8, 4) is 10.6 Å². The van der Waals surface area contributed by atoms with Crippen LogP contribution in [-0.2, 0) is 0 Å². The van der Waals surface area contributed by atoms with Crippen LogP contribution in [0.1, 0.15) is 64.9 Å². The number of nitrogens with one attached hydrogen (secondary N) is 3. The second kappa shape index (κ2) is 11.5. The smallest absolute Gasteiger partial charge is 0.271 e. The maximum Gasteiger partial charge on any atom is 0.271 e. The van der Waals surface area contributed by atoms with Gasteiger partial charge in [-0.05, 0) is 53.0 Å². The molecule has 4 rings (SSSR count). The van der Waals surface area contributed by atoms with E-state index in [1.165, 1.54) is 16.9 Å². The highest BCUT2D eigenvalue weighted by molar-refractivity contribution is 7.15. The van der Waals surface area contributed by atoms with E-state index in [-0.39, 0.29) is 30.5 Å². The minimum atomic E-state index is -0.570. The molecule has 10 heteroatoms. The lowest BCUT2D eigenvalue weighted by molar-refractivity contribution is 0.0907. The average molecular weight is 525 g/mol. The molecule has 0 spiro atoms. The Morgan fingerprint density at radius 1 is 1.14 bits per heavy atom. The van der Waals surface area contributed by atoms with Crippen LogP contribution in [-0.4, -0.2) is 56.4 Å². The van der Waals surface area contributed by atoms with E-state index in [9.17, 15) is 15.0 Å². The number of hydrogen-bond acceptors (Lipinski definition) is 9. The second-order valence-electron chi connectivity index (χ2n) is 9.74. The first kappa shape index (κ1) is 27.0. The molecule has 2 heterocycles. The van der Waals surface area contributed by atoms with Gasteiger partial charge in [-0.25, -0.2) is 9.97 Å². The Labute approximate surface area is 221 Å². The van der Waals surface area contributed by atoms with E-state index in [1.807, 2.05) is 20.8 Å². The molecular weight excluding hydrogens is 488 g/mol. The summed E-state index contributed by atoms with van der Waals surface area (Å²) in [5, 5.41) is 30.4. The lowest BCUT2D eigenvalue weighted by Crippen LogP contribution is -2.23. The van der Waals surface area contributed by atoms with Crippen LogP contribution < -0.4 is 16.0 Å². The number of hydrogen-bond donors (Lipinski definition) is 5. The molecule has 9 nitrogen and oxygen atoms in total. The van der Waals surface area contributed by atoms with Crippen LogP contribution in [0.4, 0.5) is 11.8 Å². The number of amides is 1. The standard InChI is InChI=1S/C27H36N6O3S/c1-6-28-25(36)23-17(5)37-26(32-23)22-16(4)30-27(29-15(3)18-9-7-14(2)8-10-18)33-24(22)31-20-11-19(13-34)21(35)12-20/h7-10,15,19-21,34-35H,6,11-13H2,1-5H3,(H,28,36)(H2,29,30,31,33)/t15-,19?,20?,21+/m1/s1. The predicted octanol–water partition coefficient (Wildman–Crippen LogP) is 3.99. The molecule has 0 radical (unpaired) electrons. The quantitative estimate of drug-likeness (QED) is 0.284. The van der Waals surface area contributed by atoms with Crippen molar-refractivity contribution in [2.24, 2.45) is 5.92 Å². The van der Waals surface area contributed by atoms with Crippen molar-refractivity contribution in [1.82, 2.24) is 20.3 Å². The van der Waals surface area contributed by atoms with E-state index < -0.39 is 6.10 Å². The number of rotatable bonds is 9. The number of aliphatic hydroxyl groups excluding tert-OH is 2. The summed E-state index contributed by atoms with van der Waals surface area (Å²) >= 11 is 1.43. The molecule has 1 saturated carbocycles. The Hall–Kier alpha value is -3.08. The number of carbonyl (C=O) groups excluding carboxylic acids is 1. The molecule has 2 unspecified atom stereocenters. The van der Waals surface area contributed by atoms with Crippen molar-refractivity contribution in [3.05, 3.63) is 51.7 Å². The van der Waals surface area contributed by atoms with E-state index in [1.54, 1.807) is 0 Å². The molecule has 2 aromatic heterocycles. The molecule has 1 fully saturated rings. The number of anilines is 2. The Morgan fingerprint density at radius 2 is 1.86 bits per heavy atom. The normalized spacial score (nSPS) is 20.0. The average Bonchev–Trinajstić information content (AvgIpc) is 3.40. The number of thiazole rings is 1. The maximum absolute atomic E-state index is 12.5. The highest BCUT2D eigenvalue weighted by Gasteiger charge is 2.33. The van der Waals surface area contributed by atoms with Crippen molar-refractivity contribution >= 4 is 29.0 Å². The van der Waals surface area contributed by atoms with Gasteiger partial charge in [0.15, 0.2) is 0 Å². The van der Waals surface area contributed by atoms with Crippen LogP contribution in [0.2, 0.25) is 0 Å². The topological polar surface area (TPSA) is 132 Å². The summed E-state index contributed by atoms with van der Waals surface area (Å²) in [4.78, 5) is 27.6. The van der Waals surface area contributed by atoms with Gasteiger partial charge in [0.1, 0.15) is 16.5 Å². The lowest BCUT2D eigenvalue weighted by Gasteiger charge is -2.20. The summed E-state index contributed by atoms with van der Waals surface area (Å²) in [7, 11) is 0. The molecule has 198 valence electrons. The minimum absolute atomic E-state index is 0.0165. The zero-order chi connectivity index (χ0) is 26.7. The third-order valence-electron chi connectivity index (χ3n) is 6.81. The molecular formula is C27H36N6O3S. The van der Waals surface area contributed by atoms with Crippen LogP contribution in [0, 0.1) is 26.7 Å². The Kier molecular flexibility index (Phi) is 8.41. The highest BCUT2D eigenvalue weighted by atomic mass is 32.1. The van der Waals surface area contributed by atoms with Crippen molar-refractivity contribution < 1.29 is 15.0 Å².